The Morgan fingerprint density at radius 1 is 0.786 bits per heavy atom. The summed E-state index contributed by atoms with van der Waals surface area (Å²) < 4.78 is 0. The number of rotatable bonds is 14. The summed E-state index contributed by atoms with van der Waals surface area (Å²) in [6, 6.07) is 0. The molecule has 0 heterocycles. The van der Waals surface area contributed by atoms with Crippen LogP contribution in [0.15, 0.2) is 36.5 Å². The molecule has 0 rings (SSSR count). The zero-order valence-corrected chi connectivity index (χ0v) is 15.0. The van der Waals surface area contributed by atoms with E-state index in [1.165, 1.54) is 0 Å². The van der Waals surface area contributed by atoms with Crippen LogP contribution in [0.5, 0.6) is 0 Å². The van der Waals surface area contributed by atoms with Gasteiger partial charge >= 0.3 is 17.9 Å². The molecular formula is C18H24O10. The molecule has 0 saturated carbocycles. The third kappa shape index (κ3) is 6.41. The van der Waals surface area contributed by atoms with E-state index >= 15 is 0 Å². The zero-order chi connectivity index (χ0) is 21.8. The van der Waals surface area contributed by atoms with Gasteiger partial charge in [-0.15, -0.1) is 0 Å². The number of aldehydes is 1. The number of carbonyl (C=O) groups is 4. The first-order valence-electron chi connectivity index (χ1n) is 8.17. The maximum absolute atomic E-state index is 11.0. The maximum atomic E-state index is 11.0. The molecule has 156 valence electrons. The Bertz CT molecular complexity index is 583. The van der Waals surface area contributed by atoms with E-state index in [-0.39, 0.29) is 12.8 Å². The Kier molecular flexibility index (Phi) is 10.6. The monoisotopic (exact) mass is 400 g/mol. The second-order valence-corrected chi connectivity index (χ2v) is 6.04. The summed E-state index contributed by atoms with van der Waals surface area (Å²) in [6.07, 6.45) is 5.00. The lowest BCUT2D eigenvalue weighted by Gasteiger charge is -2.48. The van der Waals surface area contributed by atoms with Crippen LogP contribution in [-0.2, 0) is 19.2 Å². The highest BCUT2D eigenvalue weighted by molar-refractivity contribution is 5.82. The highest BCUT2D eigenvalue weighted by atomic mass is 16.4. The normalized spacial score (nSPS) is 15.7. The minimum Gasteiger partial charge on any atom is -0.478 e. The molecule has 0 bridgehead atoms. The predicted octanol–water partition coefficient (Wildman–Crippen LogP) is -0.546. The van der Waals surface area contributed by atoms with Crippen LogP contribution in [0.25, 0.3) is 0 Å². The fourth-order valence-corrected chi connectivity index (χ4v) is 3.04. The van der Waals surface area contributed by atoms with Crippen molar-refractivity contribution in [2.75, 3.05) is 19.8 Å². The van der Waals surface area contributed by atoms with Crippen LogP contribution in [0.2, 0.25) is 0 Å². The van der Waals surface area contributed by atoms with Crippen molar-refractivity contribution >= 4 is 24.2 Å². The van der Waals surface area contributed by atoms with Crippen molar-refractivity contribution in [3.63, 3.8) is 0 Å². The summed E-state index contributed by atoms with van der Waals surface area (Å²) in [7, 11) is 0. The lowest BCUT2D eigenvalue weighted by atomic mass is 9.56. The van der Waals surface area contributed by atoms with Crippen LogP contribution in [0.1, 0.15) is 12.8 Å². The van der Waals surface area contributed by atoms with Gasteiger partial charge in [0.1, 0.15) is 6.29 Å². The molecule has 0 aromatic heterocycles. The Labute approximate surface area is 160 Å². The van der Waals surface area contributed by atoms with Crippen molar-refractivity contribution in [2.24, 2.45) is 16.7 Å². The molecule has 0 spiro atoms. The van der Waals surface area contributed by atoms with Crippen molar-refractivity contribution in [3.8, 4) is 0 Å². The van der Waals surface area contributed by atoms with E-state index in [1.807, 2.05) is 0 Å². The van der Waals surface area contributed by atoms with Crippen LogP contribution >= 0.6 is 0 Å². The summed E-state index contributed by atoms with van der Waals surface area (Å²) in [4.78, 5) is 43.9. The molecule has 0 aromatic carbocycles. The van der Waals surface area contributed by atoms with Crippen LogP contribution in [0.3, 0.4) is 0 Å². The summed E-state index contributed by atoms with van der Waals surface area (Å²) in [6.45, 7) is -2.42. The van der Waals surface area contributed by atoms with Crippen molar-refractivity contribution in [1.82, 2.24) is 0 Å². The first kappa shape index (κ1) is 25.2. The third-order valence-electron chi connectivity index (χ3n) is 4.57. The van der Waals surface area contributed by atoms with E-state index in [4.69, 9.17) is 15.3 Å². The Morgan fingerprint density at radius 3 is 1.43 bits per heavy atom. The molecule has 0 aliphatic carbocycles. The van der Waals surface area contributed by atoms with Gasteiger partial charge in [-0.1, -0.05) is 18.2 Å². The molecule has 0 aliphatic heterocycles. The average molecular weight is 400 g/mol. The Hall–Kier alpha value is -2.82. The number of carboxylic acid groups (broad SMARTS) is 3. The average Bonchev–Trinajstić information content (AvgIpc) is 2.65. The molecule has 0 aliphatic rings. The van der Waals surface area contributed by atoms with Gasteiger partial charge < -0.3 is 35.4 Å². The predicted molar refractivity (Wildman–Crippen MR) is 95.2 cm³/mol. The summed E-state index contributed by atoms with van der Waals surface area (Å²) in [5, 5.41) is 57.0. The van der Waals surface area contributed by atoms with Crippen molar-refractivity contribution < 1.29 is 49.8 Å². The summed E-state index contributed by atoms with van der Waals surface area (Å²) in [5.74, 6) is -5.36. The van der Waals surface area contributed by atoms with E-state index < -0.39 is 54.5 Å². The fourth-order valence-electron chi connectivity index (χ4n) is 3.04. The number of aliphatic carboxylic acids is 3. The van der Waals surface area contributed by atoms with Gasteiger partial charge in [0.2, 0.25) is 0 Å². The Morgan fingerprint density at radius 2 is 1.18 bits per heavy atom. The number of aliphatic hydroxyl groups excluding tert-OH is 3. The minimum absolute atomic E-state index is 0.0361. The number of aliphatic hydroxyl groups is 3. The van der Waals surface area contributed by atoms with Gasteiger partial charge in [-0.25, -0.2) is 14.4 Å². The van der Waals surface area contributed by atoms with Gasteiger partial charge in [0, 0.05) is 42.1 Å². The van der Waals surface area contributed by atoms with E-state index in [9.17, 15) is 34.5 Å². The highest BCUT2D eigenvalue weighted by Gasteiger charge is 2.51. The smallest absolute Gasteiger partial charge is 0.328 e. The van der Waals surface area contributed by atoms with Gasteiger partial charge in [0.05, 0.1) is 13.2 Å². The van der Waals surface area contributed by atoms with Crippen LogP contribution in [0.4, 0.5) is 0 Å². The van der Waals surface area contributed by atoms with Crippen molar-refractivity contribution in [1.29, 1.82) is 0 Å². The van der Waals surface area contributed by atoms with Gasteiger partial charge in [-0.05, 0) is 12.3 Å². The number of carbonyl (C=O) groups excluding carboxylic acids is 1. The molecule has 10 nitrogen and oxygen atoms in total. The first-order chi connectivity index (χ1) is 13.1. The van der Waals surface area contributed by atoms with E-state index in [2.05, 4.69) is 0 Å². The van der Waals surface area contributed by atoms with E-state index in [1.54, 1.807) is 0 Å². The molecule has 0 radical (unpaired) electrons. The molecule has 6 N–H and O–H groups in total. The third-order valence-corrected chi connectivity index (χ3v) is 4.57. The summed E-state index contributed by atoms with van der Waals surface area (Å²) in [5.41, 5.74) is -3.75. The second kappa shape index (κ2) is 11.8. The van der Waals surface area contributed by atoms with Gasteiger partial charge in [0.15, 0.2) is 0 Å². The standard InChI is InChI=1S/C18H24O10/c19-9-1-2-13(10-20)18(11-21,12-22)17(6-3-14(23)24,7-4-15(25)26)8-5-16(27)28/h3-9,13,20-22H,1-2,10-12H2,(H,23,24)(H,25,26)(H,27,28). The highest BCUT2D eigenvalue weighted by Crippen LogP contribution is 2.50. The van der Waals surface area contributed by atoms with Gasteiger partial charge in [-0.2, -0.15) is 0 Å². The maximum Gasteiger partial charge on any atom is 0.328 e. The molecule has 1 atom stereocenters. The number of hydrogen-bond acceptors (Lipinski definition) is 7. The second-order valence-electron chi connectivity index (χ2n) is 6.04. The molecule has 1 unspecified atom stereocenters. The molecule has 0 fully saturated rings. The van der Waals surface area contributed by atoms with Gasteiger partial charge in [-0.3, -0.25) is 0 Å². The lowest BCUT2D eigenvalue weighted by Crippen LogP contribution is -2.51. The minimum atomic E-state index is -1.93. The SMILES string of the molecule is O=CCCC(CO)C(CO)(CO)C(C=CC(=O)O)(C=CC(=O)O)C=CC(=O)O. The zero-order valence-electron chi connectivity index (χ0n) is 15.0. The van der Waals surface area contributed by atoms with E-state index in [0.717, 1.165) is 18.2 Å². The fraction of sp³-hybridized carbons (Fsp3) is 0.444. The molecular weight excluding hydrogens is 376 g/mol. The molecule has 0 aromatic rings. The van der Waals surface area contributed by atoms with Gasteiger partial charge in [0.25, 0.3) is 0 Å². The van der Waals surface area contributed by atoms with Crippen molar-refractivity contribution in [2.45, 2.75) is 12.8 Å². The number of hydrogen-bond donors (Lipinski definition) is 6. The summed E-state index contributed by atoms with van der Waals surface area (Å²) >= 11 is 0. The number of allylic oxidation sites excluding steroid dienone is 3. The van der Waals surface area contributed by atoms with Crippen LogP contribution in [0, 0.1) is 16.7 Å². The first-order valence-corrected chi connectivity index (χ1v) is 8.17. The topological polar surface area (TPSA) is 190 Å². The van der Waals surface area contributed by atoms with E-state index in [0.29, 0.717) is 24.5 Å². The molecule has 28 heavy (non-hydrogen) atoms. The molecule has 10 heteroatoms. The lowest BCUT2D eigenvalue weighted by molar-refractivity contribution is -0.132. The van der Waals surface area contributed by atoms with Crippen LogP contribution in [-0.4, -0.2) is 74.7 Å². The quantitative estimate of drug-likeness (QED) is 0.163. The number of carboxylic acids is 3. The largest absolute Gasteiger partial charge is 0.478 e. The Balaban J connectivity index is 6.95. The molecule has 0 amide bonds. The van der Waals surface area contributed by atoms with Crippen LogP contribution < -0.4 is 0 Å². The van der Waals surface area contributed by atoms with Crippen molar-refractivity contribution in [3.05, 3.63) is 36.5 Å². The molecule has 0 saturated heterocycles.